The lowest BCUT2D eigenvalue weighted by atomic mass is 9.86. The van der Waals surface area contributed by atoms with Crippen molar-refractivity contribution >= 4 is 0 Å². The Labute approximate surface area is 114 Å². The van der Waals surface area contributed by atoms with E-state index in [1.807, 2.05) is 0 Å². The second-order valence-corrected chi connectivity index (χ2v) is 5.37. The fraction of sp³-hybridized carbons (Fsp3) is 0.600. The number of hydrogen-bond donors (Lipinski definition) is 2. The lowest BCUT2D eigenvalue weighted by molar-refractivity contribution is 0.313. The van der Waals surface area contributed by atoms with Crippen LogP contribution in [0.3, 0.4) is 0 Å². The fourth-order valence-corrected chi connectivity index (χ4v) is 2.69. The van der Waals surface area contributed by atoms with Gasteiger partial charge in [0.05, 0.1) is 7.11 Å². The summed E-state index contributed by atoms with van der Waals surface area (Å²) in [6.07, 6.45) is 4.62. The minimum Gasteiger partial charge on any atom is -0.496 e. The largest absolute Gasteiger partial charge is 0.496 e. The van der Waals surface area contributed by atoms with Crippen molar-refractivity contribution in [1.82, 2.24) is 5.32 Å². The highest BCUT2D eigenvalue weighted by atomic mass is 19.1. The molecule has 1 aliphatic carbocycles. The van der Waals surface area contributed by atoms with Crippen molar-refractivity contribution in [2.45, 2.75) is 38.3 Å². The zero-order chi connectivity index (χ0) is 13.7. The van der Waals surface area contributed by atoms with Crippen LogP contribution >= 0.6 is 0 Å². The first-order chi connectivity index (χ1) is 9.19. The van der Waals surface area contributed by atoms with Gasteiger partial charge in [-0.2, -0.15) is 0 Å². The second-order valence-electron chi connectivity index (χ2n) is 5.37. The van der Waals surface area contributed by atoms with Crippen LogP contribution in [0.25, 0.3) is 0 Å². The van der Waals surface area contributed by atoms with Crippen LogP contribution in [0.5, 0.6) is 5.75 Å². The van der Waals surface area contributed by atoms with Crippen molar-refractivity contribution < 1.29 is 9.13 Å². The van der Waals surface area contributed by atoms with Crippen molar-refractivity contribution in [1.29, 1.82) is 0 Å². The third-order valence-electron chi connectivity index (χ3n) is 3.88. The van der Waals surface area contributed by atoms with Crippen LogP contribution in [0.4, 0.5) is 4.39 Å². The zero-order valence-electron chi connectivity index (χ0n) is 11.5. The van der Waals surface area contributed by atoms with Crippen LogP contribution in [0.2, 0.25) is 0 Å². The standard InChI is InChI=1S/C15H23FN2O/c1-19-15-7-4-13(16)8-12(15)10-18-9-11-2-5-14(17)6-3-11/h4,7-8,11,14,18H,2-3,5-6,9-10,17H2,1H3. The van der Waals surface area contributed by atoms with Gasteiger partial charge < -0.3 is 15.8 Å². The molecule has 0 radical (unpaired) electrons. The summed E-state index contributed by atoms with van der Waals surface area (Å²) in [5, 5.41) is 3.40. The molecule has 1 aliphatic rings. The van der Waals surface area contributed by atoms with Crippen LogP contribution < -0.4 is 15.8 Å². The molecule has 0 atom stereocenters. The highest BCUT2D eigenvalue weighted by Gasteiger charge is 2.18. The molecule has 106 valence electrons. The van der Waals surface area contributed by atoms with Gasteiger partial charge in [0, 0.05) is 18.2 Å². The number of benzene rings is 1. The minimum atomic E-state index is -0.221. The lowest BCUT2D eigenvalue weighted by Crippen LogP contribution is -2.31. The normalized spacial score (nSPS) is 23.3. The van der Waals surface area contributed by atoms with E-state index in [-0.39, 0.29) is 5.82 Å². The van der Waals surface area contributed by atoms with E-state index in [2.05, 4.69) is 5.32 Å². The third kappa shape index (κ3) is 4.18. The summed E-state index contributed by atoms with van der Waals surface area (Å²) in [7, 11) is 1.61. The Morgan fingerprint density at radius 3 is 2.74 bits per heavy atom. The predicted octanol–water partition coefficient (Wildman–Crippen LogP) is 2.44. The van der Waals surface area contributed by atoms with Gasteiger partial charge in [-0.1, -0.05) is 0 Å². The predicted molar refractivity (Wildman–Crippen MR) is 74.6 cm³/mol. The topological polar surface area (TPSA) is 47.3 Å². The molecule has 0 amide bonds. The highest BCUT2D eigenvalue weighted by Crippen LogP contribution is 2.23. The Balaban J connectivity index is 1.80. The number of methoxy groups -OCH3 is 1. The first kappa shape index (κ1) is 14.3. The second kappa shape index (κ2) is 6.87. The van der Waals surface area contributed by atoms with Gasteiger partial charge in [-0.15, -0.1) is 0 Å². The molecule has 0 bridgehead atoms. The number of hydrogen-bond acceptors (Lipinski definition) is 3. The average molecular weight is 266 g/mol. The van der Waals surface area contributed by atoms with Crippen LogP contribution in [0, 0.1) is 11.7 Å². The van der Waals surface area contributed by atoms with E-state index in [0.29, 0.717) is 18.5 Å². The van der Waals surface area contributed by atoms with E-state index in [9.17, 15) is 4.39 Å². The van der Waals surface area contributed by atoms with Crippen molar-refractivity contribution in [3.05, 3.63) is 29.6 Å². The zero-order valence-corrected chi connectivity index (χ0v) is 11.5. The molecule has 2 rings (SSSR count). The maximum atomic E-state index is 13.2. The van der Waals surface area contributed by atoms with Crippen LogP contribution in [-0.2, 0) is 6.54 Å². The molecule has 4 heteroatoms. The molecule has 3 nitrogen and oxygen atoms in total. The van der Waals surface area contributed by atoms with Gasteiger partial charge >= 0.3 is 0 Å². The number of ether oxygens (including phenoxy) is 1. The Bertz CT molecular complexity index is 403. The number of nitrogens with one attached hydrogen (secondary N) is 1. The summed E-state index contributed by atoms with van der Waals surface area (Å²) >= 11 is 0. The summed E-state index contributed by atoms with van der Waals surface area (Å²) in [5.41, 5.74) is 6.76. The fourth-order valence-electron chi connectivity index (χ4n) is 2.69. The molecular formula is C15H23FN2O. The molecule has 0 aromatic heterocycles. The van der Waals surface area contributed by atoms with Gasteiger partial charge in [-0.25, -0.2) is 4.39 Å². The summed E-state index contributed by atoms with van der Waals surface area (Å²) in [6, 6.07) is 5.01. The van der Waals surface area contributed by atoms with E-state index in [1.54, 1.807) is 13.2 Å². The number of halogens is 1. The Morgan fingerprint density at radius 2 is 2.05 bits per heavy atom. The van der Waals surface area contributed by atoms with Crippen molar-refractivity contribution in [2.24, 2.45) is 11.7 Å². The Hall–Kier alpha value is -1.13. The summed E-state index contributed by atoms with van der Waals surface area (Å²) in [4.78, 5) is 0. The molecule has 3 N–H and O–H groups in total. The molecule has 0 heterocycles. The number of nitrogens with two attached hydrogens (primary N) is 1. The SMILES string of the molecule is COc1ccc(F)cc1CNCC1CCC(N)CC1. The van der Waals surface area contributed by atoms with Gasteiger partial charge in [0.2, 0.25) is 0 Å². The smallest absolute Gasteiger partial charge is 0.123 e. The van der Waals surface area contributed by atoms with Gasteiger partial charge in [0.1, 0.15) is 11.6 Å². The molecule has 0 spiro atoms. The van der Waals surface area contributed by atoms with Crippen LogP contribution in [0.1, 0.15) is 31.2 Å². The maximum Gasteiger partial charge on any atom is 0.123 e. The molecule has 0 aliphatic heterocycles. The Morgan fingerprint density at radius 1 is 1.32 bits per heavy atom. The van der Waals surface area contributed by atoms with Gasteiger partial charge in [0.25, 0.3) is 0 Å². The average Bonchev–Trinajstić information content (AvgIpc) is 2.41. The highest BCUT2D eigenvalue weighted by molar-refractivity contribution is 5.33. The van der Waals surface area contributed by atoms with Crippen LogP contribution in [-0.4, -0.2) is 19.7 Å². The first-order valence-electron chi connectivity index (χ1n) is 6.97. The summed E-state index contributed by atoms with van der Waals surface area (Å²) < 4.78 is 18.4. The van der Waals surface area contributed by atoms with E-state index < -0.39 is 0 Å². The maximum absolute atomic E-state index is 13.2. The van der Waals surface area contributed by atoms with Crippen molar-refractivity contribution in [2.75, 3.05) is 13.7 Å². The lowest BCUT2D eigenvalue weighted by Gasteiger charge is -2.26. The number of rotatable bonds is 5. The van der Waals surface area contributed by atoms with E-state index in [0.717, 1.165) is 30.7 Å². The van der Waals surface area contributed by atoms with E-state index in [4.69, 9.17) is 10.5 Å². The first-order valence-corrected chi connectivity index (χ1v) is 6.97. The quantitative estimate of drug-likeness (QED) is 0.860. The monoisotopic (exact) mass is 266 g/mol. The van der Waals surface area contributed by atoms with Crippen molar-refractivity contribution in [3.63, 3.8) is 0 Å². The molecule has 1 fully saturated rings. The minimum absolute atomic E-state index is 0.221. The van der Waals surface area contributed by atoms with Gasteiger partial charge in [0.15, 0.2) is 0 Å². The Kier molecular flexibility index (Phi) is 5.16. The molecule has 19 heavy (non-hydrogen) atoms. The van der Waals surface area contributed by atoms with Gasteiger partial charge in [-0.3, -0.25) is 0 Å². The molecule has 0 saturated heterocycles. The van der Waals surface area contributed by atoms with E-state index >= 15 is 0 Å². The molecule has 1 aromatic carbocycles. The molecule has 1 saturated carbocycles. The van der Waals surface area contributed by atoms with Crippen molar-refractivity contribution in [3.8, 4) is 5.75 Å². The third-order valence-corrected chi connectivity index (χ3v) is 3.88. The molecule has 0 unspecified atom stereocenters. The molecular weight excluding hydrogens is 243 g/mol. The van der Waals surface area contributed by atoms with Crippen LogP contribution in [0.15, 0.2) is 18.2 Å². The molecule has 1 aromatic rings. The van der Waals surface area contributed by atoms with Gasteiger partial charge in [-0.05, 0) is 56.3 Å². The summed E-state index contributed by atoms with van der Waals surface area (Å²) in [6.45, 7) is 1.61. The summed E-state index contributed by atoms with van der Waals surface area (Å²) in [5.74, 6) is 1.21. The van der Waals surface area contributed by atoms with E-state index in [1.165, 1.54) is 25.0 Å².